The van der Waals surface area contributed by atoms with Gasteiger partial charge in [0.15, 0.2) is 0 Å². The van der Waals surface area contributed by atoms with Crippen molar-refractivity contribution in [3.63, 3.8) is 0 Å². The van der Waals surface area contributed by atoms with Crippen molar-refractivity contribution in [2.24, 2.45) is 5.92 Å². The van der Waals surface area contributed by atoms with E-state index in [9.17, 15) is 5.11 Å². The number of aryl methyl sites for hydroxylation is 2. The third-order valence-corrected chi connectivity index (χ3v) is 7.78. The van der Waals surface area contributed by atoms with Gasteiger partial charge in [0.2, 0.25) is 5.95 Å². The van der Waals surface area contributed by atoms with Crippen molar-refractivity contribution in [1.29, 1.82) is 0 Å². The summed E-state index contributed by atoms with van der Waals surface area (Å²) >= 11 is 0. The van der Waals surface area contributed by atoms with Gasteiger partial charge in [0.1, 0.15) is 17.2 Å². The number of rotatable bonds is 7. The first-order valence-electron chi connectivity index (χ1n) is 13.9. The van der Waals surface area contributed by atoms with Crippen LogP contribution in [0.25, 0.3) is 33.4 Å². The van der Waals surface area contributed by atoms with Gasteiger partial charge in [-0.05, 0) is 80.5 Å². The number of fused-ring (bicyclic) bond motifs is 1. The predicted molar refractivity (Wildman–Crippen MR) is 158 cm³/mol. The number of aromatic nitrogens is 4. The van der Waals surface area contributed by atoms with Crippen molar-refractivity contribution in [3.05, 3.63) is 84.1 Å². The zero-order valence-corrected chi connectivity index (χ0v) is 23.1. The molecule has 2 N–H and O–H groups in total. The number of aliphatic hydroxyl groups excluding tert-OH is 1. The van der Waals surface area contributed by atoms with Crippen LogP contribution in [0.3, 0.4) is 0 Å². The maximum absolute atomic E-state index is 9.40. The lowest BCUT2D eigenvalue weighted by molar-refractivity contribution is 0.202. The molecule has 0 radical (unpaired) electrons. The number of furan rings is 1. The Morgan fingerprint density at radius 2 is 1.77 bits per heavy atom. The summed E-state index contributed by atoms with van der Waals surface area (Å²) in [6.07, 6.45) is 7.53. The molecule has 40 heavy (non-hydrogen) atoms. The average molecular weight is 535 g/mol. The second-order valence-electron chi connectivity index (χ2n) is 10.7. The van der Waals surface area contributed by atoms with Crippen molar-refractivity contribution >= 4 is 22.7 Å². The fourth-order valence-corrected chi connectivity index (χ4v) is 5.35. The molecular weight excluding hydrogens is 500 g/mol. The number of hydrogen-bond acceptors (Lipinski definition) is 8. The molecule has 0 unspecified atom stereocenters. The summed E-state index contributed by atoms with van der Waals surface area (Å²) in [5.41, 5.74) is 7.07. The topological polar surface area (TPSA) is 100 Å². The summed E-state index contributed by atoms with van der Waals surface area (Å²) in [5, 5.41) is 14.1. The highest BCUT2D eigenvalue weighted by Gasteiger charge is 2.20. The van der Waals surface area contributed by atoms with Gasteiger partial charge in [0, 0.05) is 60.7 Å². The van der Waals surface area contributed by atoms with Gasteiger partial charge in [0.05, 0.1) is 12.0 Å². The van der Waals surface area contributed by atoms with Crippen molar-refractivity contribution < 1.29 is 9.52 Å². The number of nitrogens with zero attached hydrogens (tertiary/aromatic N) is 5. The Hall–Kier alpha value is -4.30. The van der Waals surface area contributed by atoms with Gasteiger partial charge in [-0.1, -0.05) is 18.2 Å². The van der Waals surface area contributed by atoms with Crippen molar-refractivity contribution in [3.8, 4) is 22.4 Å². The Bertz CT molecular complexity index is 1620. The van der Waals surface area contributed by atoms with E-state index >= 15 is 0 Å². The number of anilines is 2. The molecule has 1 fully saturated rings. The minimum Gasteiger partial charge on any atom is -0.464 e. The molecule has 2 aromatic carbocycles. The molecule has 1 atom stereocenters. The van der Waals surface area contributed by atoms with Gasteiger partial charge in [-0.25, -0.2) is 19.9 Å². The number of nitrogens with one attached hydrogen (secondary N) is 1. The van der Waals surface area contributed by atoms with Crippen molar-refractivity contribution in [2.45, 2.75) is 39.7 Å². The molecular formula is C32H34N6O2. The summed E-state index contributed by atoms with van der Waals surface area (Å²) < 4.78 is 5.61. The molecule has 8 nitrogen and oxygen atoms in total. The summed E-state index contributed by atoms with van der Waals surface area (Å²) in [4.78, 5) is 20.9. The summed E-state index contributed by atoms with van der Waals surface area (Å²) in [7, 11) is 0. The first-order chi connectivity index (χ1) is 19.5. The van der Waals surface area contributed by atoms with E-state index in [1.165, 1.54) is 0 Å². The third kappa shape index (κ3) is 5.40. The monoisotopic (exact) mass is 534 g/mol. The molecule has 0 amide bonds. The van der Waals surface area contributed by atoms with E-state index in [2.05, 4.69) is 62.4 Å². The van der Waals surface area contributed by atoms with E-state index in [-0.39, 0.29) is 12.6 Å². The van der Waals surface area contributed by atoms with E-state index in [0.717, 1.165) is 82.2 Å². The summed E-state index contributed by atoms with van der Waals surface area (Å²) in [5.74, 6) is 2.63. The predicted octanol–water partition coefficient (Wildman–Crippen LogP) is 6.35. The first-order valence-corrected chi connectivity index (χ1v) is 13.9. The summed E-state index contributed by atoms with van der Waals surface area (Å²) in [6.45, 7) is 8.12. The molecule has 0 saturated carbocycles. The van der Waals surface area contributed by atoms with Crippen LogP contribution in [0.2, 0.25) is 0 Å². The molecule has 0 spiro atoms. The van der Waals surface area contributed by atoms with Crippen LogP contribution in [-0.2, 0) is 0 Å². The number of hydrogen-bond donors (Lipinski definition) is 2. The van der Waals surface area contributed by atoms with Crippen molar-refractivity contribution in [1.82, 2.24) is 19.9 Å². The van der Waals surface area contributed by atoms with Gasteiger partial charge in [-0.2, -0.15) is 0 Å². The molecule has 1 aliphatic rings. The van der Waals surface area contributed by atoms with Gasteiger partial charge < -0.3 is 19.7 Å². The highest BCUT2D eigenvalue weighted by Crippen LogP contribution is 2.30. The summed E-state index contributed by atoms with van der Waals surface area (Å²) in [6, 6.07) is 16.6. The Morgan fingerprint density at radius 1 is 0.975 bits per heavy atom. The minimum absolute atomic E-state index is 0.0220. The highest BCUT2D eigenvalue weighted by molar-refractivity contribution is 5.85. The van der Waals surface area contributed by atoms with E-state index in [0.29, 0.717) is 11.7 Å². The normalized spacial score (nSPS) is 14.9. The van der Waals surface area contributed by atoms with E-state index in [1.54, 1.807) is 6.26 Å². The fourth-order valence-electron chi connectivity index (χ4n) is 5.35. The molecule has 5 aromatic rings. The SMILES string of the molecule is Cc1nc(N[C@@H](C)c2cccc(-c3cnc(N4CCC(CO)CC4)nc3)c2)cc(-c2ccc3occ(C)c3c2)n1. The van der Waals surface area contributed by atoms with E-state index < -0.39 is 0 Å². The van der Waals surface area contributed by atoms with Crippen LogP contribution in [0.1, 0.15) is 42.8 Å². The Labute approximate surface area is 234 Å². The quantitative estimate of drug-likeness (QED) is 0.249. The van der Waals surface area contributed by atoms with Crippen LogP contribution < -0.4 is 10.2 Å². The standard InChI is InChI=1S/C32H34N6O2/c1-20-19-40-30-8-7-26(14-28(20)30)29-15-31(37-22(3)36-29)35-21(2)24-5-4-6-25(13-24)27-16-33-32(34-17-27)38-11-9-23(18-39)10-12-38/h4-8,13-17,19,21,23,39H,9-12,18H2,1-3H3,(H,35,36,37)/t21-/m0/s1. The molecule has 6 rings (SSSR count). The minimum atomic E-state index is 0.0220. The van der Waals surface area contributed by atoms with Gasteiger partial charge >= 0.3 is 0 Å². The lowest BCUT2D eigenvalue weighted by atomic mass is 9.98. The van der Waals surface area contributed by atoms with Gasteiger partial charge in [-0.3, -0.25) is 0 Å². The molecule has 0 aliphatic carbocycles. The first kappa shape index (κ1) is 26.0. The second kappa shape index (κ2) is 11.1. The van der Waals surface area contributed by atoms with Gasteiger partial charge in [-0.15, -0.1) is 0 Å². The molecule has 0 bridgehead atoms. The number of benzene rings is 2. The van der Waals surface area contributed by atoms with Gasteiger partial charge in [0.25, 0.3) is 0 Å². The zero-order chi connectivity index (χ0) is 27.6. The smallest absolute Gasteiger partial charge is 0.225 e. The van der Waals surface area contributed by atoms with Crippen LogP contribution in [0, 0.1) is 19.8 Å². The third-order valence-electron chi connectivity index (χ3n) is 7.78. The van der Waals surface area contributed by atoms with Crippen LogP contribution in [0.4, 0.5) is 11.8 Å². The molecule has 3 aromatic heterocycles. The Kier molecular flexibility index (Phi) is 7.17. The largest absolute Gasteiger partial charge is 0.464 e. The van der Waals surface area contributed by atoms with Crippen LogP contribution in [0.5, 0.6) is 0 Å². The fraction of sp³-hybridized carbons (Fsp3) is 0.312. The lowest BCUT2D eigenvalue weighted by Gasteiger charge is -2.31. The van der Waals surface area contributed by atoms with Crippen LogP contribution >= 0.6 is 0 Å². The zero-order valence-electron chi connectivity index (χ0n) is 23.1. The molecule has 1 saturated heterocycles. The van der Waals surface area contributed by atoms with Crippen LogP contribution in [-0.4, -0.2) is 44.7 Å². The lowest BCUT2D eigenvalue weighted by Crippen LogP contribution is -2.35. The van der Waals surface area contributed by atoms with E-state index in [1.807, 2.05) is 44.4 Å². The van der Waals surface area contributed by atoms with E-state index in [4.69, 9.17) is 9.40 Å². The molecule has 204 valence electrons. The molecule has 8 heteroatoms. The average Bonchev–Trinajstić information content (AvgIpc) is 3.37. The maximum atomic E-state index is 9.40. The second-order valence-corrected chi connectivity index (χ2v) is 10.7. The molecule has 1 aliphatic heterocycles. The number of piperidine rings is 1. The van der Waals surface area contributed by atoms with Crippen LogP contribution in [0.15, 0.2) is 71.6 Å². The molecule has 4 heterocycles. The maximum Gasteiger partial charge on any atom is 0.225 e. The Morgan fingerprint density at radius 3 is 2.55 bits per heavy atom. The number of aliphatic hydroxyl groups is 1. The highest BCUT2D eigenvalue weighted by atomic mass is 16.3. The van der Waals surface area contributed by atoms with Crippen molar-refractivity contribution in [2.75, 3.05) is 29.9 Å². The Balaban J connectivity index is 1.18.